The number of aliphatic hydroxyl groups is 1. The SMILES string of the molecule is CC[C@H](CO)NC(=O)c1ccccc1F. The number of hydrogen-bond donors (Lipinski definition) is 2. The third kappa shape index (κ3) is 3.02. The zero-order chi connectivity index (χ0) is 11.3. The van der Waals surface area contributed by atoms with E-state index < -0.39 is 11.7 Å². The quantitative estimate of drug-likeness (QED) is 0.789. The summed E-state index contributed by atoms with van der Waals surface area (Å²) < 4.78 is 13.2. The van der Waals surface area contributed by atoms with Crippen LogP contribution >= 0.6 is 0 Å². The standard InChI is InChI=1S/C11H14FNO2/c1-2-8(7-14)13-11(15)9-5-3-4-6-10(9)12/h3-6,8,14H,2,7H2,1H3,(H,13,15)/t8-/m1/s1. The molecule has 0 spiro atoms. The Morgan fingerprint density at radius 1 is 1.53 bits per heavy atom. The van der Waals surface area contributed by atoms with Crippen molar-refractivity contribution in [3.8, 4) is 0 Å². The lowest BCUT2D eigenvalue weighted by Gasteiger charge is -2.13. The van der Waals surface area contributed by atoms with Gasteiger partial charge in [0.05, 0.1) is 18.2 Å². The second kappa shape index (κ2) is 5.46. The lowest BCUT2D eigenvalue weighted by molar-refractivity contribution is 0.0911. The number of aliphatic hydroxyl groups excluding tert-OH is 1. The van der Waals surface area contributed by atoms with E-state index >= 15 is 0 Å². The molecule has 0 aliphatic rings. The molecule has 1 rings (SSSR count). The van der Waals surface area contributed by atoms with Crippen LogP contribution in [0.5, 0.6) is 0 Å². The molecule has 0 radical (unpaired) electrons. The van der Waals surface area contributed by atoms with Gasteiger partial charge in [0.15, 0.2) is 0 Å². The maximum absolute atomic E-state index is 13.2. The van der Waals surface area contributed by atoms with Crippen molar-refractivity contribution in [2.45, 2.75) is 19.4 Å². The first-order chi connectivity index (χ1) is 7.19. The molecule has 1 aromatic rings. The highest BCUT2D eigenvalue weighted by Crippen LogP contribution is 2.06. The van der Waals surface area contributed by atoms with E-state index in [1.165, 1.54) is 18.2 Å². The van der Waals surface area contributed by atoms with E-state index in [4.69, 9.17) is 5.11 Å². The molecule has 0 unspecified atom stereocenters. The molecule has 0 aliphatic heterocycles. The van der Waals surface area contributed by atoms with Gasteiger partial charge in [0.2, 0.25) is 0 Å². The van der Waals surface area contributed by atoms with Crippen molar-refractivity contribution in [1.29, 1.82) is 0 Å². The Kier molecular flexibility index (Phi) is 4.24. The molecule has 1 aromatic carbocycles. The van der Waals surface area contributed by atoms with Crippen molar-refractivity contribution < 1.29 is 14.3 Å². The Hall–Kier alpha value is -1.42. The highest BCUT2D eigenvalue weighted by atomic mass is 19.1. The number of nitrogens with one attached hydrogen (secondary N) is 1. The van der Waals surface area contributed by atoms with Crippen LogP contribution in [0, 0.1) is 5.82 Å². The number of rotatable bonds is 4. The van der Waals surface area contributed by atoms with Crippen LogP contribution in [0.3, 0.4) is 0 Å². The second-order valence-corrected chi connectivity index (χ2v) is 3.24. The van der Waals surface area contributed by atoms with Gasteiger partial charge in [-0.3, -0.25) is 4.79 Å². The van der Waals surface area contributed by atoms with Crippen molar-refractivity contribution in [2.24, 2.45) is 0 Å². The van der Waals surface area contributed by atoms with Crippen LogP contribution in [0.2, 0.25) is 0 Å². The molecule has 0 aromatic heterocycles. The summed E-state index contributed by atoms with van der Waals surface area (Å²) in [6.07, 6.45) is 0.608. The fraction of sp³-hybridized carbons (Fsp3) is 0.364. The van der Waals surface area contributed by atoms with Crippen LogP contribution in [-0.4, -0.2) is 23.7 Å². The maximum Gasteiger partial charge on any atom is 0.254 e. The second-order valence-electron chi connectivity index (χ2n) is 3.24. The average molecular weight is 211 g/mol. The van der Waals surface area contributed by atoms with Gasteiger partial charge >= 0.3 is 0 Å². The molecule has 0 saturated heterocycles. The predicted octanol–water partition coefficient (Wildman–Crippen LogP) is 1.33. The highest BCUT2D eigenvalue weighted by molar-refractivity contribution is 5.94. The Balaban J connectivity index is 2.73. The predicted molar refractivity (Wildman–Crippen MR) is 55.0 cm³/mol. The molecule has 82 valence electrons. The third-order valence-corrected chi connectivity index (χ3v) is 2.17. The van der Waals surface area contributed by atoms with Gasteiger partial charge in [0, 0.05) is 0 Å². The average Bonchev–Trinajstić information content (AvgIpc) is 2.26. The third-order valence-electron chi connectivity index (χ3n) is 2.17. The van der Waals surface area contributed by atoms with Crippen molar-refractivity contribution >= 4 is 5.91 Å². The van der Waals surface area contributed by atoms with E-state index in [0.29, 0.717) is 6.42 Å². The molecule has 4 heteroatoms. The van der Waals surface area contributed by atoms with E-state index in [2.05, 4.69) is 5.32 Å². The van der Waals surface area contributed by atoms with E-state index in [1.54, 1.807) is 6.07 Å². The number of benzene rings is 1. The molecule has 1 amide bonds. The van der Waals surface area contributed by atoms with Crippen LogP contribution in [0.4, 0.5) is 4.39 Å². The van der Waals surface area contributed by atoms with Gasteiger partial charge in [-0.1, -0.05) is 19.1 Å². The van der Waals surface area contributed by atoms with Gasteiger partial charge in [-0.25, -0.2) is 4.39 Å². The van der Waals surface area contributed by atoms with Crippen molar-refractivity contribution in [2.75, 3.05) is 6.61 Å². The molecule has 1 atom stereocenters. The van der Waals surface area contributed by atoms with Gasteiger partial charge in [0.1, 0.15) is 5.82 Å². The molecule has 0 saturated carbocycles. The van der Waals surface area contributed by atoms with E-state index in [0.717, 1.165) is 0 Å². The minimum atomic E-state index is -0.553. The first-order valence-electron chi connectivity index (χ1n) is 4.85. The number of amides is 1. The Morgan fingerprint density at radius 2 is 2.20 bits per heavy atom. The van der Waals surface area contributed by atoms with E-state index in [-0.39, 0.29) is 18.2 Å². The summed E-state index contributed by atoms with van der Waals surface area (Å²) in [6, 6.07) is 5.44. The van der Waals surface area contributed by atoms with E-state index in [9.17, 15) is 9.18 Å². The van der Waals surface area contributed by atoms with Crippen molar-refractivity contribution in [1.82, 2.24) is 5.32 Å². The molecule has 3 nitrogen and oxygen atoms in total. The summed E-state index contributed by atoms with van der Waals surface area (Å²) in [4.78, 5) is 11.5. The molecule has 15 heavy (non-hydrogen) atoms. The summed E-state index contributed by atoms with van der Waals surface area (Å²) >= 11 is 0. The Morgan fingerprint density at radius 3 is 2.73 bits per heavy atom. The molecular formula is C11H14FNO2. The minimum absolute atomic E-state index is 0.00407. The summed E-state index contributed by atoms with van der Waals surface area (Å²) in [5.41, 5.74) is 0.00407. The first kappa shape index (κ1) is 11.7. The zero-order valence-corrected chi connectivity index (χ0v) is 8.53. The fourth-order valence-electron chi connectivity index (χ4n) is 1.19. The zero-order valence-electron chi connectivity index (χ0n) is 8.53. The van der Waals surface area contributed by atoms with Crippen LogP contribution < -0.4 is 5.32 Å². The minimum Gasteiger partial charge on any atom is -0.394 e. The van der Waals surface area contributed by atoms with Gasteiger partial charge in [-0.15, -0.1) is 0 Å². The number of carbonyl (C=O) groups is 1. The fourth-order valence-corrected chi connectivity index (χ4v) is 1.19. The summed E-state index contributed by atoms with van der Waals surface area (Å²) in [5, 5.41) is 11.4. The molecule has 0 heterocycles. The number of halogens is 1. The number of carbonyl (C=O) groups excluding carboxylic acids is 1. The van der Waals surface area contributed by atoms with Crippen LogP contribution in [0.15, 0.2) is 24.3 Å². The first-order valence-corrected chi connectivity index (χ1v) is 4.85. The molecule has 0 fully saturated rings. The van der Waals surface area contributed by atoms with Gasteiger partial charge < -0.3 is 10.4 Å². The van der Waals surface area contributed by atoms with Crippen molar-refractivity contribution in [3.63, 3.8) is 0 Å². The monoisotopic (exact) mass is 211 g/mol. The lowest BCUT2D eigenvalue weighted by Crippen LogP contribution is -2.37. The molecule has 0 bridgehead atoms. The summed E-state index contributed by atoms with van der Waals surface area (Å²) in [7, 11) is 0. The van der Waals surface area contributed by atoms with Crippen LogP contribution in [0.1, 0.15) is 23.7 Å². The Bertz CT molecular complexity index is 337. The summed E-state index contributed by atoms with van der Waals surface area (Å²) in [6.45, 7) is 1.69. The smallest absolute Gasteiger partial charge is 0.254 e. The topological polar surface area (TPSA) is 49.3 Å². The van der Waals surface area contributed by atoms with Gasteiger partial charge in [0.25, 0.3) is 5.91 Å². The van der Waals surface area contributed by atoms with Gasteiger partial charge in [-0.05, 0) is 18.6 Å². The number of hydrogen-bond acceptors (Lipinski definition) is 2. The Labute approximate surface area is 87.9 Å². The molecule has 0 aliphatic carbocycles. The molecule has 2 N–H and O–H groups in total. The summed E-state index contributed by atoms with van der Waals surface area (Å²) in [5.74, 6) is -1.04. The molecular weight excluding hydrogens is 197 g/mol. The van der Waals surface area contributed by atoms with Crippen LogP contribution in [-0.2, 0) is 0 Å². The van der Waals surface area contributed by atoms with Gasteiger partial charge in [-0.2, -0.15) is 0 Å². The maximum atomic E-state index is 13.2. The lowest BCUT2D eigenvalue weighted by atomic mass is 10.1. The largest absolute Gasteiger partial charge is 0.394 e. The normalized spacial score (nSPS) is 12.2. The van der Waals surface area contributed by atoms with E-state index in [1.807, 2.05) is 6.92 Å². The van der Waals surface area contributed by atoms with Crippen molar-refractivity contribution in [3.05, 3.63) is 35.6 Å². The van der Waals surface area contributed by atoms with Crippen LogP contribution in [0.25, 0.3) is 0 Å². The highest BCUT2D eigenvalue weighted by Gasteiger charge is 2.14.